The summed E-state index contributed by atoms with van der Waals surface area (Å²) in [4.78, 5) is 6.94. The number of anilines is 1. The number of rotatable bonds is 5. The molecule has 1 aliphatic heterocycles. The number of aliphatic hydroxyl groups is 1. The Kier molecular flexibility index (Phi) is 3.94. The zero-order valence-electron chi connectivity index (χ0n) is 12.5. The molecule has 2 heterocycles. The number of aryl methyl sites for hydroxylation is 1. The van der Waals surface area contributed by atoms with Crippen molar-refractivity contribution in [3.05, 3.63) is 23.4 Å². The van der Waals surface area contributed by atoms with Gasteiger partial charge in [-0.05, 0) is 49.3 Å². The van der Waals surface area contributed by atoms with Crippen molar-refractivity contribution in [3.63, 3.8) is 0 Å². The predicted octanol–water partition coefficient (Wildman–Crippen LogP) is 1.85. The van der Waals surface area contributed by atoms with Crippen LogP contribution in [0.5, 0.6) is 0 Å². The highest BCUT2D eigenvalue weighted by atomic mass is 16.3. The molecule has 2 aliphatic rings. The average Bonchev–Trinajstić information content (AvgIpc) is 3.19. The number of nitrogens with one attached hydrogen (secondary N) is 1. The monoisotopic (exact) mass is 275 g/mol. The molecule has 0 bridgehead atoms. The van der Waals surface area contributed by atoms with E-state index in [0.29, 0.717) is 5.92 Å². The Morgan fingerprint density at radius 1 is 1.40 bits per heavy atom. The Labute approximate surface area is 121 Å². The summed E-state index contributed by atoms with van der Waals surface area (Å²) in [6, 6.07) is 3.18. The minimum atomic E-state index is 0.216. The number of aliphatic hydroxyl groups excluding tert-OH is 1. The molecule has 1 aliphatic carbocycles. The van der Waals surface area contributed by atoms with Gasteiger partial charge in [-0.3, -0.25) is 0 Å². The molecular formula is C16H25N3O. The highest BCUT2D eigenvalue weighted by molar-refractivity contribution is 5.49. The van der Waals surface area contributed by atoms with Gasteiger partial charge in [0, 0.05) is 25.3 Å². The Hall–Kier alpha value is -1.13. The molecule has 2 N–H and O–H groups in total. The Morgan fingerprint density at radius 3 is 2.85 bits per heavy atom. The standard InChI is InChI=1S/C16H25N3O/c1-11-5-6-19(15(11)10-20)16-12(2)7-13(9-18-16)8-17-14-3-4-14/h7,9,11,14-15,17,20H,3-6,8,10H2,1-2H3. The van der Waals surface area contributed by atoms with Crippen LogP contribution < -0.4 is 10.2 Å². The smallest absolute Gasteiger partial charge is 0.131 e. The topological polar surface area (TPSA) is 48.4 Å². The van der Waals surface area contributed by atoms with Gasteiger partial charge in [0.2, 0.25) is 0 Å². The van der Waals surface area contributed by atoms with Crippen molar-refractivity contribution >= 4 is 5.82 Å². The zero-order valence-corrected chi connectivity index (χ0v) is 12.5. The molecule has 110 valence electrons. The lowest BCUT2D eigenvalue weighted by Gasteiger charge is -2.27. The van der Waals surface area contributed by atoms with Crippen LogP contribution in [0.4, 0.5) is 5.82 Å². The van der Waals surface area contributed by atoms with E-state index in [1.165, 1.54) is 24.0 Å². The Balaban J connectivity index is 1.72. The highest BCUT2D eigenvalue weighted by Crippen LogP contribution is 2.30. The van der Waals surface area contributed by atoms with Crippen LogP contribution in [0.1, 0.15) is 37.3 Å². The van der Waals surface area contributed by atoms with Crippen LogP contribution in [-0.4, -0.2) is 35.3 Å². The third kappa shape index (κ3) is 2.81. The molecule has 0 radical (unpaired) electrons. The van der Waals surface area contributed by atoms with Crippen LogP contribution in [0.2, 0.25) is 0 Å². The molecule has 0 spiro atoms. The number of nitrogens with zero attached hydrogens (tertiary/aromatic N) is 2. The molecule has 2 fully saturated rings. The molecular weight excluding hydrogens is 250 g/mol. The number of hydrogen-bond donors (Lipinski definition) is 2. The van der Waals surface area contributed by atoms with Crippen molar-refractivity contribution in [2.45, 2.75) is 51.7 Å². The number of aromatic nitrogens is 1. The van der Waals surface area contributed by atoms with Crippen molar-refractivity contribution in [2.75, 3.05) is 18.1 Å². The first-order valence-electron chi connectivity index (χ1n) is 7.75. The van der Waals surface area contributed by atoms with Gasteiger partial charge in [0.25, 0.3) is 0 Å². The van der Waals surface area contributed by atoms with Crippen molar-refractivity contribution in [2.24, 2.45) is 5.92 Å². The fraction of sp³-hybridized carbons (Fsp3) is 0.688. The number of pyridine rings is 1. The van der Waals surface area contributed by atoms with E-state index in [0.717, 1.165) is 31.4 Å². The third-order valence-electron chi connectivity index (χ3n) is 4.62. The minimum Gasteiger partial charge on any atom is -0.394 e. The van der Waals surface area contributed by atoms with Crippen molar-refractivity contribution in [1.82, 2.24) is 10.3 Å². The van der Waals surface area contributed by atoms with Gasteiger partial charge in [-0.1, -0.05) is 6.92 Å². The van der Waals surface area contributed by atoms with Crippen LogP contribution in [0.25, 0.3) is 0 Å². The highest BCUT2D eigenvalue weighted by Gasteiger charge is 2.32. The third-order valence-corrected chi connectivity index (χ3v) is 4.62. The lowest BCUT2D eigenvalue weighted by atomic mass is 10.0. The fourth-order valence-electron chi connectivity index (χ4n) is 3.12. The van der Waals surface area contributed by atoms with Crippen LogP contribution >= 0.6 is 0 Å². The lowest BCUT2D eigenvalue weighted by Crippen LogP contribution is -2.36. The molecule has 1 saturated heterocycles. The second-order valence-electron chi connectivity index (χ2n) is 6.35. The zero-order chi connectivity index (χ0) is 14.1. The largest absolute Gasteiger partial charge is 0.394 e. The maximum Gasteiger partial charge on any atom is 0.131 e. The van der Waals surface area contributed by atoms with Gasteiger partial charge >= 0.3 is 0 Å². The van der Waals surface area contributed by atoms with Crippen LogP contribution in [-0.2, 0) is 6.54 Å². The predicted molar refractivity (Wildman–Crippen MR) is 80.8 cm³/mol. The summed E-state index contributed by atoms with van der Waals surface area (Å²) in [6.45, 7) is 6.47. The summed E-state index contributed by atoms with van der Waals surface area (Å²) in [5, 5.41) is 13.1. The molecule has 20 heavy (non-hydrogen) atoms. The van der Waals surface area contributed by atoms with E-state index in [-0.39, 0.29) is 12.6 Å². The minimum absolute atomic E-state index is 0.216. The van der Waals surface area contributed by atoms with Crippen molar-refractivity contribution in [3.8, 4) is 0 Å². The second kappa shape index (κ2) is 5.70. The fourth-order valence-corrected chi connectivity index (χ4v) is 3.12. The van der Waals surface area contributed by atoms with Gasteiger partial charge in [-0.2, -0.15) is 0 Å². The SMILES string of the molecule is Cc1cc(CNC2CC2)cnc1N1CCC(C)C1CO. The Morgan fingerprint density at radius 2 is 2.20 bits per heavy atom. The first kappa shape index (κ1) is 13.8. The van der Waals surface area contributed by atoms with E-state index in [1.807, 2.05) is 6.20 Å². The van der Waals surface area contributed by atoms with E-state index < -0.39 is 0 Å². The molecule has 3 rings (SSSR count). The van der Waals surface area contributed by atoms with E-state index in [2.05, 4.69) is 35.1 Å². The summed E-state index contributed by atoms with van der Waals surface area (Å²) in [6.07, 6.45) is 5.75. The number of hydrogen-bond acceptors (Lipinski definition) is 4. The Bertz CT molecular complexity index is 473. The second-order valence-corrected chi connectivity index (χ2v) is 6.35. The van der Waals surface area contributed by atoms with Gasteiger partial charge in [-0.15, -0.1) is 0 Å². The van der Waals surface area contributed by atoms with Crippen LogP contribution in [0, 0.1) is 12.8 Å². The molecule has 2 atom stereocenters. The van der Waals surface area contributed by atoms with Gasteiger partial charge in [-0.25, -0.2) is 4.98 Å². The maximum absolute atomic E-state index is 9.59. The summed E-state index contributed by atoms with van der Waals surface area (Å²) in [5.74, 6) is 1.58. The van der Waals surface area contributed by atoms with E-state index in [4.69, 9.17) is 0 Å². The van der Waals surface area contributed by atoms with Crippen molar-refractivity contribution in [1.29, 1.82) is 0 Å². The molecule has 2 unspecified atom stereocenters. The van der Waals surface area contributed by atoms with Gasteiger partial charge in [0.05, 0.1) is 12.6 Å². The molecule has 1 aromatic rings. The van der Waals surface area contributed by atoms with E-state index in [1.54, 1.807) is 0 Å². The molecule has 0 amide bonds. The van der Waals surface area contributed by atoms with Crippen molar-refractivity contribution < 1.29 is 5.11 Å². The van der Waals surface area contributed by atoms with Gasteiger partial charge in [0.15, 0.2) is 0 Å². The van der Waals surface area contributed by atoms with Crippen LogP contribution in [0.3, 0.4) is 0 Å². The molecule has 1 aromatic heterocycles. The van der Waals surface area contributed by atoms with Gasteiger partial charge < -0.3 is 15.3 Å². The summed E-state index contributed by atoms with van der Waals surface area (Å²) in [5.41, 5.74) is 2.47. The first-order chi connectivity index (χ1) is 9.69. The maximum atomic E-state index is 9.59. The molecule has 1 saturated carbocycles. The quantitative estimate of drug-likeness (QED) is 0.861. The first-order valence-corrected chi connectivity index (χ1v) is 7.75. The molecule has 0 aromatic carbocycles. The lowest BCUT2D eigenvalue weighted by molar-refractivity contribution is 0.244. The molecule has 4 heteroatoms. The summed E-state index contributed by atoms with van der Waals surface area (Å²) in [7, 11) is 0. The molecule has 4 nitrogen and oxygen atoms in total. The summed E-state index contributed by atoms with van der Waals surface area (Å²) >= 11 is 0. The van der Waals surface area contributed by atoms with E-state index >= 15 is 0 Å². The summed E-state index contributed by atoms with van der Waals surface area (Å²) < 4.78 is 0. The average molecular weight is 275 g/mol. The normalized spacial score (nSPS) is 26.2. The van der Waals surface area contributed by atoms with Crippen LogP contribution in [0.15, 0.2) is 12.3 Å². The van der Waals surface area contributed by atoms with Gasteiger partial charge in [0.1, 0.15) is 5.82 Å². The van der Waals surface area contributed by atoms with E-state index in [9.17, 15) is 5.11 Å².